The number of rotatable bonds is 7. The molecule has 0 aromatic heterocycles. The van der Waals surface area contributed by atoms with Crippen LogP contribution in [0.2, 0.25) is 0 Å². The quantitative estimate of drug-likeness (QED) is 0.598. The van der Waals surface area contributed by atoms with Crippen molar-refractivity contribution in [2.24, 2.45) is 0 Å². The molecule has 3 rings (SSSR count). The number of carbonyl (C=O) groups excluding carboxylic acids is 1. The number of anilines is 1. The number of amides is 1. The van der Waals surface area contributed by atoms with E-state index in [1.54, 1.807) is 12.1 Å². The van der Waals surface area contributed by atoms with Crippen molar-refractivity contribution in [3.63, 3.8) is 0 Å². The molecule has 0 unspecified atom stereocenters. The molecular weight excluding hydrogens is 346 g/mol. The van der Waals surface area contributed by atoms with Crippen molar-refractivity contribution in [1.82, 2.24) is 5.32 Å². The number of nitrogens with one attached hydrogen (secondary N) is 1. The lowest BCUT2D eigenvalue weighted by Gasteiger charge is -2.28. The first kappa shape index (κ1) is 18.8. The van der Waals surface area contributed by atoms with Crippen LogP contribution in [0.15, 0.2) is 48.5 Å². The van der Waals surface area contributed by atoms with Crippen molar-refractivity contribution in [1.29, 1.82) is 0 Å². The SMILES string of the molecule is O=C(Cc1ccc(N2CCOCC2)cc1)NCCc1ccc([N+](=O)[O-])cc1. The molecule has 0 radical (unpaired) electrons. The second-order valence-corrected chi connectivity index (χ2v) is 6.47. The molecule has 0 spiro atoms. The Morgan fingerprint density at radius 2 is 1.67 bits per heavy atom. The third kappa shape index (κ3) is 5.52. The molecule has 1 fully saturated rings. The summed E-state index contributed by atoms with van der Waals surface area (Å²) in [5.41, 5.74) is 3.15. The van der Waals surface area contributed by atoms with E-state index in [1.165, 1.54) is 12.1 Å². The highest BCUT2D eigenvalue weighted by Gasteiger charge is 2.11. The molecule has 1 aliphatic rings. The molecule has 0 bridgehead atoms. The summed E-state index contributed by atoms with van der Waals surface area (Å²) in [4.78, 5) is 24.6. The molecule has 7 nitrogen and oxygen atoms in total. The molecule has 1 N–H and O–H groups in total. The minimum absolute atomic E-state index is 0.0314. The lowest BCUT2D eigenvalue weighted by Crippen LogP contribution is -2.36. The lowest BCUT2D eigenvalue weighted by molar-refractivity contribution is -0.384. The van der Waals surface area contributed by atoms with Crippen molar-refractivity contribution < 1.29 is 14.5 Å². The summed E-state index contributed by atoms with van der Waals surface area (Å²) in [6.45, 7) is 3.78. The van der Waals surface area contributed by atoms with Crippen molar-refractivity contribution in [2.45, 2.75) is 12.8 Å². The third-order valence-corrected chi connectivity index (χ3v) is 4.56. The van der Waals surface area contributed by atoms with Crippen LogP contribution >= 0.6 is 0 Å². The van der Waals surface area contributed by atoms with E-state index >= 15 is 0 Å². The van der Waals surface area contributed by atoms with E-state index < -0.39 is 4.92 Å². The molecule has 0 atom stereocenters. The van der Waals surface area contributed by atoms with Crippen molar-refractivity contribution in [3.8, 4) is 0 Å². The molecule has 142 valence electrons. The topological polar surface area (TPSA) is 84.7 Å². The number of hydrogen-bond donors (Lipinski definition) is 1. The van der Waals surface area contributed by atoms with Gasteiger partial charge in [-0.05, 0) is 29.7 Å². The number of carbonyl (C=O) groups is 1. The second-order valence-electron chi connectivity index (χ2n) is 6.47. The van der Waals surface area contributed by atoms with Gasteiger partial charge in [0.1, 0.15) is 0 Å². The highest BCUT2D eigenvalue weighted by molar-refractivity contribution is 5.78. The molecule has 2 aromatic rings. The van der Waals surface area contributed by atoms with E-state index in [-0.39, 0.29) is 11.6 Å². The van der Waals surface area contributed by atoms with Gasteiger partial charge >= 0.3 is 0 Å². The second kappa shape index (κ2) is 9.14. The van der Waals surface area contributed by atoms with Crippen molar-refractivity contribution in [3.05, 3.63) is 69.8 Å². The maximum atomic E-state index is 12.1. The molecule has 0 aliphatic carbocycles. The normalized spacial score (nSPS) is 14.0. The van der Waals surface area contributed by atoms with Crippen LogP contribution in [0.5, 0.6) is 0 Å². The zero-order valence-electron chi connectivity index (χ0n) is 15.1. The molecular formula is C20H23N3O4. The van der Waals surface area contributed by atoms with Gasteiger partial charge in [0.2, 0.25) is 5.91 Å². The van der Waals surface area contributed by atoms with Gasteiger partial charge in [0.15, 0.2) is 0 Å². The molecule has 1 heterocycles. The third-order valence-electron chi connectivity index (χ3n) is 4.56. The number of morpholine rings is 1. The number of nitrogens with zero attached hydrogens (tertiary/aromatic N) is 2. The average molecular weight is 369 g/mol. The molecule has 1 aliphatic heterocycles. The maximum absolute atomic E-state index is 12.1. The van der Waals surface area contributed by atoms with Gasteiger partial charge in [-0.25, -0.2) is 0 Å². The van der Waals surface area contributed by atoms with E-state index in [2.05, 4.69) is 10.2 Å². The summed E-state index contributed by atoms with van der Waals surface area (Å²) in [7, 11) is 0. The zero-order chi connectivity index (χ0) is 19.1. The minimum Gasteiger partial charge on any atom is -0.378 e. The van der Waals surface area contributed by atoms with Gasteiger partial charge in [-0.3, -0.25) is 14.9 Å². The van der Waals surface area contributed by atoms with Gasteiger partial charge in [-0.1, -0.05) is 24.3 Å². The first-order chi connectivity index (χ1) is 13.1. The van der Waals surface area contributed by atoms with E-state index in [1.807, 2.05) is 24.3 Å². The Bertz CT molecular complexity index is 769. The van der Waals surface area contributed by atoms with Crippen LogP contribution < -0.4 is 10.2 Å². The summed E-state index contributed by atoms with van der Waals surface area (Å²) < 4.78 is 5.36. The fourth-order valence-electron chi connectivity index (χ4n) is 3.02. The average Bonchev–Trinajstić information content (AvgIpc) is 2.69. The summed E-state index contributed by atoms with van der Waals surface area (Å²) >= 11 is 0. The predicted molar refractivity (Wildman–Crippen MR) is 103 cm³/mol. The number of nitro groups is 1. The Kier molecular flexibility index (Phi) is 6.38. The Morgan fingerprint density at radius 1 is 1.04 bits per heavy atom. The maximum Gasteiger partial charge on any atom is 0.269 e. The van der Waals surface area contributed by atoms with E-state index in [9.17, 15) is 14.9 Å². The van der Waals surface area contributed by atoms with Crippen molar-refractivity contribution >= 4 is 17.3 Å². The number of non-ortho nitro benzene ring substituents is 1. The van der Waals surface area contributed by atoms with Crippen LogP contribution in [-0.4, -0.2) is 43.7 Å². The Hall–Kier alpha value is -2.93. The molecule has 1 amide bonds. The minimum atomic E-state index is -0.421. The Morgan fingerprint density at radius 3 is 2.30 bits per heavy atom. The van der Waals surface area contributed by atoms with Gasteiger partial charge in [0, 0.05) is 37.5 Å². The zero-order valence-corrected chi connectivity index (χ0v) is 15.1. The number of hydrogen-bond acceptors (Lipinski definition) is 5. The lowest BCUT2D eigenvalue weighted by atomic mass is 10.1. The van der Waals surface area contributed by atoms with Gasteiger partial charge < -0.3 is 15.0 Å². The van der Waals surface area contributed by atoms with Crippen LogP contribution in [0, 0.1) is 10.1 Å². The van der Waals surface area contributed by atoms with Crippen LogP contribution in [0.3, 0.4) is 0 Å². The fraction of sp³-hybridized carbons (Fsp3) is 0.350. The monoisotopic (exact) mass is 369 g/mol. The molecule has 27 heavy (non-hydrogen) atoms. The first-order valence-corrected chi connectivity index (χ1v) is 9.03. The predicted octanol–water partition coefficient (Wildman–Crippen LogP) is 2.33. The first-order valence-electron chi connectivity index (χ1n) is 9.03. The summed E-state index contributed by atoms with van der Waals surface area (Å²) in [6.07, 6.45) is 0.976. The van der Waals surface area contributed by atoms with Crippen LogP contribution in [0.1, 0.15) is 11.1 Å². The van der Waals surface area contributed by atoms with E-state index in [0.29, 0.717) is 19.4 Å². The number of nitro benzene ring substituents is 1. The van der Waals surface area contributed by atoms with Gasteiger partial charge in [-0.2, -0.15) is 0 Å². The highest BCUT2D eigenvalue weighted by Crippen LogP contribution is 2.17. The molecule has 1 saturated heterocycles. The number of ether oxygens (including phenoxy) is 1. The highest BCUT2D eigenvalue weighted by atomic mass is 16.6. The smallest absolute Gasteiger partial charge is 0.269 e. The molecule has 2 aromatic carbocycles. The molecule has 7 heteroatoms. The summed E-state index contributed by atoms with van der Waals surface area (Å²) in [5, 5.41) is 13.5. The van der Waals surface area contributed by atoms with E-state index in [0.717, 1.165) is 43.1 Å². The summed E-state index contributed by atoms with van der Waals surface area (Å²) in [6, 6.07) is 14.5. The van der Waals surface area contributed by atoms with Crippen LogP contribution in [-0.2, 0) is 22.4 Å². The van der Waals surface area contributed by atoms with Gasteiger partial charge in [0.05, 0.1) is 24.6 Å². The Balaban J connectivity index is 1.42. The van der Waals surface area contributed by atoms with Gasteiger partial charge in [0.25, 0.3) is 5.69 Å². The van der Waals surface area contributed by atoms with Gasteiger partial charge in [-0.15, -0.1) is 0 Å². The standard InChI is InChI=1S/C20H23N3O4/c24-20(21-10-9-16-1-7-19(8-2-16)23(25)26)15-17-3-5-18(6-4-17)22-11-13-27-14-12-22/h1-8H,9-15H2,(H,21,24). The number of benzene rings is 2. The van der Waals surface area contributed by atoms with Crippen LogP contribution in [0.25, 0.3) is 0 Å². The largest absolute Gasteiger partial charge is 0.378 e. The molecule has 0 saturated carbocycles. The fourth-order valence-corrected chi connectivity index (χ4v) is 3.02. The Labute approximate surface area is 158 Å². The van der Waals surface area contributed by atoms with Crippen molar-refractivity contribution in [2.75, 3.05) is 37.7 Å². The van der Waals surface area contributed by atoms with E-state index in [4.69, 9.17) is 4.74 Å². The van der Waals surface area contributed by atoms with Crippen LogP contribution in [0.4, 0.5) is 11.4 Å². The summed E-state index contributed by atoms with van der Waals surface area (Å²) in [5.74, 6) is -0.0314.